The smallest absolute Gasteiger partial charge is 0.252 e. The molecule has 0 bridgehead atoms. The number of pyridine rings is 1. The molecule has 5 heteroatoms. The Kier molecular flexibility index (Phi) is 6.11. The summed E-state index contributed by atoms with van der Waals surface area (Å²) in [5.74, 6) is -0.0886. The Morgan fingerprint density at radius 1 is 1.13 bits per heavy atom. The van der Waals surface area contributed by atoms with Gasteiger partial charge in [0.25, 0.3) is 5.91 Å². The van der Waals surface area contributed by atoms with Crippen molar-refractivity contribution in [3.63, 3.8) is 0 Å². The van der Waals surface area contributed by atoms with E-state index in [1.54, 1.807) is 12.4 Å². The van der Waals surface area contributed by atoms with E-state index in [-0.39, 0.29) is 5.91 Å². The first-order valence-electron chi connectivity index (χ1n) is 7.69. The molecule has 0 fully saturated rings. The van der Waals surface area contributed by atoms with Crippen LogP contribution in [0.5, 0.6) is 0 Å². The van der Waals surface area contributed by atoms with Crippen molar-refractivity contribution in [1.29, 1.82) is 0 Å². The third kappa shape index (κ3) is 5.38. The van der Waals surface area contributed by atoms with Crippen LogP contribution in [-0.2, 0) is 6.54 Å². The van der Waals surface area contributed by atoms with Crippen LogP contribution in [-0.4, -0.2) is 50.0 Å². The molecule has 2 rings (SSSR count). The van der Waals surface area contributed by atoms with Gasteiger partial charge in [0, 0.05) is 32.9 Å². The predicted molar refractivity (Wildman–Crippen MR) is 93.7 cm³/mol. The summed E-state index contributed by atoms with van der Waals surface area (Å²) in [6, 6.07) is 12.1. The van der Waals surface area contributed by atoms with Crippen LogP contribution in [0.2, 0.25) is 0 Å². The Hall–Kier alpha value is -2.40. The normalized spacial score (nSPS) is 10.6. The lowest BCUT2D eigenvalue weighted by molar-refractivity contribution is 0.0950. The molecule has 0 radical (unpaired) electrons. The number of aromatic nitrogens is 1. The van der Waals surface area contributed by atoms with Crippen LogP contribution in [0, 0.1) is 0 Å². The number of anilines is 1. The fourth-order valence-electron chi connectivity index (χ4n) is 2.20. The van der Waals surface area contributed by atoms with Crippen molar-refractivity contribution in [2.45, 2.75) is 6.54 Å². The maximum absolute atomic E-state index is 12.2. The van der Waals surface area contributed by atoms with Crippen molar-refractivity contribution in [3.8, 4) is 0 Å². The summed E-state index contributed by atoms with van der Waals surface area (Å²) in [6.45, 7) is 2.21. The molecule has 0 saturated heterocycles. The van der Waals surface area contributed by atoms with E-state index in [1.165, 1.54) is 5.56 Å². The van der Waals surface area contributed by atoms with Gasteiger partial charge in [-0.3, -0.25) is 9.78 Å². The molecule has 122 valence electrons. The molecule has 1 aromatic heterocycles. The summed E-state index contributed by atoms with van der Waals surface area (Å²) in [5.41, 5.74) is 2.73. The number of likely N-dealkylation sites (N-methyl/N-ethyl adjacent to an activating group) is 1. The van der Waals surface area contributed by atoms with Gasteiger partial charge in [-0.2, -0.15) is 0 Å². The van der Waals surface area contributed by atoms with Crippen molar-refractivity contribution in [1.82, 2.24) is 15.2 Å². The zero-order valence-corrected chi connectivity index (χ0v) is 14.0. The van der Waals surface area contributed by atoms with Gasteiger partial charge in [0.05, 0.1) is 17.4 Å². The Labute approximate surface area is 137 Å². The van der Waals surface area contributed by atoms with E-state index in [0.29, 0.717) is 12.1 Å². The topological polar surface area (TPSA) is 48.5 Å². The van der Waals surface area contributed by atoms with Gasteiger partial charge in [0.2, 0.25) is 0 Å². The molecule has 1 aromatic carbocycles. The highest BCUT2D eigenvalue weighted by Gasteiger charge is 2.09. The van der Waals surface area contributed by atoms with E-state index in [2.05, 4.69) is 27.3 Å². The largest absolute Gasteiger partial charge is 0.369 e. The van der Waals surface area contributed by atoms with E-state index >= 15 is 0 Å². The molecule has 5 nitrogen and oxygen atoms in total. The third-order valence-corrected chi connectivity index (χ3v) is 3.53. The molecular weight excluding hydrogens is 288 g/mol. The summed E-state index contributed by atoms with van der Waals surface area (Å²) in [6.07, 6.45) is 3.38. The predicted octanol–water partition coefficient (Wildman–Crippen LogP) is 2.01. The molecule has 0 unspecified atom stereocenters. The lowest BCUT2D eigenvalue weighted by atomic mass is 10.2. The van der Waals surface area contributed by atoms with Crippen molar-refractivity contribution in [2.24, 2.45) is 0 Å². The molecule has 0 spiro atoms. The zero-order valence-electron chi connectivity index (χ0n) is 14.0. The van der Waals surface area contributed by atoms with Crippen LogP contribution in [0.1, 0.15) is 15.9 Å². The number of carbonyl (C=O) groups excluding carboxylic acids is 1. The molecule has 2 aromatic rings. The number of hydrogen-bond donors (Lipinski definition) is 1. The van der Waals surface area contributed by atoms with Gasteiger partial charge in [-0.05, 0) is 25.7 Å². The maximum atomic E-state index is 12.2. The minimum atomic E-state index is -0.0886. The first-order chi connectivity index (χ1) is 11.1. The highest BCUT2D eigenvalue weighted by atomic mass is 16.1. The van der Waals surface area contributed by atoms with Crippen molar-refractivity contribution in [2.75, 3.05) is 39.1 Å². The average Bonchev–Trinajstić information content (AvgIpc) is 2.55. The molecule has 0 aliphatic rings. The fourth-order valence-corrected chi connectivity index (χ4v) is 2.20. The van der Waals surface area contributed by atoms with E-state index in [4.69, 9.17) is 0 Å². The standard InChI is InChI=1S/C18H24N4O/c1-21(2)10-9-20-18(23)16-11-17(13-19-12-16)22(3)14-15-7-5-4-6-8-15/h4-8,11-13H,9-10,14H2,1-3H3,(H,20,23). The van der Waals surface area contributed by atoms with Gasteiger partial charge in [-0.1, -0.05) is 30.3 Å². The summed E-state index contributed by atoms with van der Waals surface area (Å²) in [5, 5.41) is 2.91. The quantitative estimate of drug-likeness (QED) is 0.850. The van der Waals surface area contributed by atoms with Gasteiger partial charge in [-0.25, -0.2) is 0 Å². The molecule has 1 heterocycles. The van der Waals surface area contributed by atoms with Crippen molar-refractivity contribution < 1.29 is 4.79 Å². The molecule has 1 amide bonds. The first kappa shape index (κ1) is 17.0. The van der Waals surface area contributed by atoms with Gasteiger partial charge in [0.1, 0.15) is 0 Å². The number of amides is 1. The SMILES string of the molecule is CN(C)CCNC(=O)c1cncc(N(C)Cc2ccccc2)c1. The van der Waals surface area contributed by atoms with Crippen molar-refractivity contribution >= 4 is 11.6 Å². The monoisotopic (exact) mass is 312 g/mol. The Morgan fingerprint density at radius 2 is 1.87 bits per heavy atom. The van der Waals surface area contributed by atoms with Crippen LogP contribution in [0.4, 0.5) is 5.69 Å². The second-order valence-corrected chi connectivity index (χ2v) is 5.83. The Balaban J connectivity index is 1.99. The maximum Gasteiger partial charge on any atom is 0.252 e. The number of nitrogens with one attached hydrogen (secondary N) is 1. The zero-order chi connectivity index (χ0) is 16.7. The molecule has 0 aliphatic carbocycles. The molecule has 0 saturated carbocycles. The lowest BCUT2D eigenvalue weighted by Crippen LogP contribution is -2.31. The van der Waals surface area contributed by atoms with E-state index in [1.807, 2.05) is 50.3 Å². The van der Waals surface area contributed by atoms with Crippen LogP contribution in [0.25, 0.3) is 0 Å². The number of rotatable bonds is 7. The number of nitrogens with zero attached hydrogens (tertiary/aromatic N) is 3. The van der Waals surface area contributed by atoms with Crippen LogP contribution in [0.15, 0.2) is 48.8 Å². The fraction of sp³-hybridized carbons (Fsp3) is 0.333. The van der Waals surface area contributed by atoms with Gasteiger partial charge >= 0.3 is 0 Å². The molecule has 0 aliphatic heterocycles. The minimum absolute atomic E-state index is 0.0886. The van der Waals surface area contributed by atoms with Crippen LogP contribution >= 0.6 is 0 Å². The average molecular weight is 312 g/mol. The second kappa shape index (κ2) is 8.29. The van der Waals surface area contributed by atoms with Gasteiger partial charge in [0.15, 0.2) is 0 Å². The van der Waals surface area contributed by atoms with Crippen LogP contribution in [0.3, 0.4) is 0 Å². The van der Waals surface area contributed by atoms with E-state index in [0.717, 1.165) is 18.8 Å². The van der Waals surface area contributed by atoms with E-state index < -0.39 is 0 Å². The first-order valence-corrected chi connectivity index (χ1v) is 7.69. The van der Waals surface area contributed by atoms with Gasteiger partial charge in [-0.15, -0.1) is 0 Å². The Bertz CT molecular complexity index is 628. The summed E-state index contributed by atoms with van der Waals surface area (Å²) >= 11 is 0. The van der Waals surface area contributed by atoms with Crippen molar-refractivity contribution in [3.05, 3.63) is 59.9 Å². The molecule has 1 N–H and O–H groups in total. The highest BCUT2D eigenvalue weighted by Crippen LogP contribution is 2.15. The summed E-state index contributed by atoms with van der Waals surface area (Å²) in [4.78, 5) is 20.5. The van der Waals surface area contributed by atoms with Gasteiger partial charge < -0.3 is 15.1 Å². The second-order valence-electron chi connectivity index (χ2n) is 5.83. The number of carbonyl (C=O) groups is 1. The number of hydrogen-bond acceptors (Lipinski definition) is 4. The number of benzene rings is 1. The molecule has 0 atom stereocenters. The third-order valence-electron chi connectivity index (χ3n) is 3.53. The summed E-state index contributed by atoms with van der Waals surface area (Å²) in [7, 11) is 5.96. The summed E-state index contributed by atoms with van der Waals surface area (Å²) < 4.78 is 0. The molecular formula is C18H24N4O. The van der Waals surface area contributed by atoms with Crippen LogP contribution < -0.4 is 10.2 Å². The highest BCUT2D eigenvalue weighted by molar-refractivity contribution is 5.94. The lowest BCUT2D eigenvalue weighted by Gasteiger charge is -2.19. The molecule has 23 heavy (non-hydrogen) atoms. The Morgan fingerprint density at radius 3 is 2.57 bits per heavy atom. The minimum Gasteiger partial charge on any atom is -0.369 e. The van der Waals surface area contributed by atoms with E-state index in [9.17, 15) is 4.79 Å².